The molecule has 1 amide bonds. The molecular formula is C19H27NO5. The lowest BCUT2D eigenvalue weighted by molar-refractivity contribution is 0.0205. The minimum Gasteiger partial charge on any atom is -0.444 e. The summed E-state index contributed by atoms with van der Waals surface area (Å²) in [6, 6.07) is 7.31. The molecule has 1 aromatic carbocycles. The first kappa shape index (κ1) is 19.1. The number of hydrogen-bond acceptors (Lipinski definition) is 5. The molecule has 2 atom stereocenters. The molecule has 0 bridgehead atoms. The van der Waals surface area contributed by atoms with Crippen LogP contribution in [0, 0.1) is 0 Å². The number of carbonyl (C=O) groups excluding carboxylic acids is 2. The lowest BCUT2D eigenvalue weighted by atomic mass is 10.1. The first-order valence-electron chi connectivity index (χ1n) is 8.43. The molecule has 0 aliphatic heterocycles. The predicted molar refractivity (Wildman–Crippen MR) is 93.8 cm³/mol. The highest BCUT2D eigenvalue weighted by Gasteiger charge is 2.40. The summed E-state index contributed by atoms with van der Waals surface area (Å²) in [5.41, 5.74) is -0.0154. The molecule has 6 nitrogen and oxygen atoms in total. The highest BCUT2D eigenvalue weighted by Crippen LogP contribution is 2.41. The standard InChI is InChI=1S/C19H27NO5/c1-18(2,3)24-16(21)20-15-11-14(15)12-7-9-13(10-8-12)23-17(22)25-19(4,5)6/h7-10,14-15H,11H2,1-6H3,(H,20,21)/t14?,15-/m1/s1. The normalized spacial score (nSPS) is 19.8. The Labute approximate surface area is 148 Å². The van der Waals surface area contributed by atoms with Crippen LogP contribution in [0.5, 0.6) is 5.75 Å². The molecule has 6 heteroatoms. The summed E-state index contributed by atoms with van der Waals surface area (Å²) in [5.74, 6) is 0.679. The minimum absolute atomic E-state index is 0.0764. The summed E-state index contributed by atoms with van der Waals surface area (Å²) in [5, 5.41) is 2.87. The molecule has 1 N–H and O–H groups in total. The van der Waals surface area contributed by atoms with Crippen molar-refractivity contribution in [1.82, 2.24) is 5.32 Å². The Morgan fingerprint density at radius 1 is 0.960 bits per heavy atom. The number of ether oxygens (including phenoxy) is 3. The number of benzene rings is 1. The van der Waals surface area contributed by atoms with E-state index >= 15 is 0 Å². The summed E-state index contributed by atoms with van der Waals surface area (Å²) in [6.45, 7) is 10.8. The minimum atomic E-state index is -0.726. The van der Waals surface area contributed by atoms with Crippen molar-refractivity contribution in [2.45, 2.75) is 71.1 Å². The first-order chi connectivity index (χ1) is 11.4. The average Bonchev–Trinajstić information content (AvgIpc) is 3.13. The van der Waals surface area contributed by atoms with E-state index in [-0.39, 0.29) is 12.0 Å². The third-order valence-electron chi connectivity index (χ3n) is 3.39. The summed E-state index contributed by atoms with van der Waals surface area (Å²) in [7, 11) is 0. The van der Waals surface area contributed by atoms with E-state index in [9.17, 15) is 9.59 Å². The molecule has 25 heavy (non-hydrogen) atoms. The molecular weight excluding hydrogens is 322 g/mol. The van der Waals surface area contributed by atoms with Crippen molar-refractivity contribution >= 4 is 12.2 Å². The molecule has 2 rings (SSSR count). The van der Waals surface area contributed by atoms with Gasteiger partial charge in [0, 0.05) is 12.0 Å². The van der Waals surface area contributed by atoms with Crippen LogP contribution in [0.3, 0.4) is 0 Å². The largest absolute Gasteiger partial charge is 0.514 e. The van der Waals surface area contributed by atoms with E-state index in [0.717, 1.165) is 12.0 Å². The summed E-state index contributed by atoms with van der Waals surface area (Å²) in [4.78, 5) is 23.4. The van der Waals surface area contributed by atoms with E-state index < -0.39 is 23.5 Å². The van der Waals surface area contributed by atoms with Crippen molar-refractivity contribution in [3.05, 3.63) is 29.8 Å². The fourth-order valence-corrected chi connectivity index (χ4v) is 2.33. The molecule has 1 fully saturated rings. The van der Waals surface area contributed by atoms with Gasteiger partial charge in [-0.1, -0.05) is 12.1 Å². The summed E-state index contributed by atoms with van der Waals surface area (Å²) in [6.07, 6.45) is -0.257. The molecule has 0 heterocycles. The average molecular weight is 349 g/mol. The molecule has 0 aromatic heterocycles. The van der Waals surface area contributed by atoms with Gasteiger partial charge in [-0.25, -0.2) is 9.59 Å². The van der Waals surface area contributed by atoms with E-state index in [1.807, 2.05) is 32.9 Å². The van der Waals surface area contributed by atoms with Crippen molar-refractivity contribution in [1.29, 1.82) is 0 Å². The van der Waals surface area contributed by atoms with Crippen LogP contribution in [-0.4, -0.2) is 29.5 Å². The Morgan fingerprint density at radius 3 is 2.04 bits per heavy atom. The van der Waals surface area contributed by atoms with Crippen molar-refractivity contribution in [3.8, 4) is 5.75 Å². The second-order valence-electron chi connectivity index (χ2n) is 8.23. The number of carbonyl (C=O) groups is 2. The molecule has 0 saturated heterocycles. The van der Waals surface area contributed by atoms with E-state index in [4.69, 9.17) is 14.2 Å². The zero-order valence-electron chi connectivity index (χ0n) is 15.7. The van der Waals surface area contributed by atoms with Crippen LogP contribution in [0.4, 0.5) is 9.59 Å². The molecule has 138 valence electrons. The number of amides is 1. The fraction of sp³-hybridized carbons (Fsp3) is 0.579. The topological polar surface area (TPSA) is 73.9 Å². The van der Waals surface area contributed by atoms with Crippen LogP contribution in [0.15, 0.2) is 24.3 Å². The highest BCUT2D eigenvalue weighted by atomic mass is 16.7. The number of alkyl carbamates (subject to hydrolysis) is 1. The van der Waals surface area contributed by atoms with Gasteiger partial charge >= 0.3 is 12.2 Å². The zero-order valence-corrected chi connectivity index (χ0v) is 15.7. The van der Waals surface area contributed by atoms with Gasteiger partial charge in [0.2, 0.25) is 0 Å². The van der Waals surface area contributed by atoms with Gasteiger partial charge < -0.3 is 19.5 Å². The second-order valence-corrected chi connectivity index (χ2v) is 8.23. The smallest absolute Gasteiger partial charge is 0.444 e. The molecule has 1 unspecified atom stereocenters. The van der Waals surface area contributed by atoms with Crippen molar-refractivity contribution in [2.75, 3.05) is 0 Å². The Morgan fingerprint density at radius 2 is 1.52 bits per heavy atom. The summed E-state index contributed by atoms with van der Waals surface area (Å²) >= 11 is 0. The summed E-state index contributed by atoms with van der Waals surface area (Å²) < 4.78 is 15.5. The lowest BCUT2D eigenvalue weighted by Crippen LogP contribution is -2.34. The maximum atomic E-state index is 11.8. The van der Waals surface area contributed by atoms with Crippen LogP contribution in [-0.2, 0) is 9.47 Å². The van der Waals surface area contributed by atoms with E-state index in [1.54, 1.807) is 32.9 Å². The molecule has 1 saturated carbocycles. The molecule has 1 aliphatic rings. The van der Waals surface area contributed by atoms with Gasteiger partial charge in [0.15, 0.2) is 0 Å². The van der Waals surface area contributed by atoms with Gasteiger partial charge in [-0.3, -0.25) is 0 Å². The van der Waals surface area contributed by atoms with Crippen LogP contribution in [0.2, 0.25) is 0 Å². The Kier molecular flexibility index (Phi) is 5.30. The third kappa shape index (κ3) is 6.64. The van der Waals surface area contributed by atoms with Crippen LogP contribution in [0.25, 0.3) is 0 Å². The van der Waals surface area contributed by atoms with Gasteiger partial charge in [-0.2, -0.15) is 0 Å². The molecule has 0 radical (unpaired) electrons. The zero-order chi connectivity index (χ0) is 18.8. The van der Waals surface area contributed by atoms with Gasteiger partial charge in [0.05, 0.1) is 0 Å². The number of nitrogens with one attached hydrogen (secondary N) is 1. The highest BCUT2D eigenvalue weighted by molar-refractivity contribution is 5.69. The Bertz CT molecular complexity index is 625. The van der Waals surface area contributed by atoms with E-state index in [1.165, 1.54) is 0 Å². The van der Waals surface area contributed by atoms with Crippen LogP contribution >= 0.6 is 0 Å². The van der Waals surface area contributed by atoms with Crippen molar-refractivity contribution < 1.29 is 23.8 Å². The number of rotatable bonds is 3. The van der Waals surface area contributed by atoms with E-state index in [0.29, 0.717) is 5.75 Å². The van der Waals surface area contributed by atoms with Gasteiger partial charge in [0.25, 0.3) is 0 Å². The lowest BCUT2D eigenvalue weighted by Gasteiger charge is -2.19. The van der Waals surface area contributed by atoms with Crippen molar-refractivity contribution in [2.24, 2.45) is 0 Å². The van der Waals surface area contributed by atoms with Crippen molar-refractivity contribution in [3.63, 3.8) is 0 Å². The van der Waals surface area contributed by atoms with Gasteiger partial charge in [-0.15, -0.1) is 0 Å². The van der Waals surface area contributed by atoms with Crippen LogP contribution < -0.4 is 10.1 Å². The van der Waals surface area contributed by atoms with Crippen LogP contribution in [0.1, 0.15) is 59.4 Å². The van der Waals surface area contributed by atoms with Gasteiger partial charge in [0.1, 0.15) is 17.0 Å². The maximum Gasteiger partial charge on any atom is 0.514 e. The second kappa shape index (κ2) is 6.94. The van der Waals surface area contributed by atoms with Gasteiger partial charge in [-0.05, 0) is 65.7 Å². The number of hydrogen-bond donors (Lipinski definition) is 1. The fourth-order valence-electron chi connectivity index (χ4n) is 2.33. The third-order valence-corrected chi connectivity index (χ3v) is 3.39. The molecule has 1 aliphatic carbocycles. The Hall–Kier alpha value is -2.24. The molecule has 0 spiro atoms. The molecule has 1 aromatic rings. The monoisotopic (exact) mass is 349 g/mol. The van der Waals surface area contributed by atoms with E-state index in [2.05, 4.69) is 5.32 Å². The quantitative estimate of drug-likeness (QED) is 0.647. The SMILES string of the molecule is CC(C)(C)OC(=O)N[C@@H]1CC1c1ccc(OC(=O)OC(C)(C)C)cc1. The Balaban J connectivity index is 1.83. The maximum absolute atomic E-state index is 11.8. The first-order valence-corrected chi connectivity index (χ1v) is 8.43. The predicted octanol–water partition coefficient (Wildman–Crippen LogP) is 4.38.